The van der Waals surface area contributed by atoms with Crippen LogP contribution >= 0.6 is 11.6 Å². The molecule has 0 spiro atoms. The van der Waals surface area contributed by atoms with Crippen molar-refractivity contribution in [3.8, 4) is 5.69 Å². The summed E-state index contributed by atoms with van der Waals surface area (Å²) in [6.07, 6.45) is 0. The van der Waals surface area contributed by atoms with Gasteiger partial charge in [0.15, 0.2) is 11.6 Å². The Morgan fingerprint density at radius 1 is 1.08 bits per heavy atom. The van der Waals surface area contributed by atoms with Crippen LogP contribution in [0.5, 0.6) is 0 Å². The van der Waals surface area contributed by atoms with Gasteiger partial charge in [0.1, 0.15) is 6.54 Å². The SMILES string of the molecule is CC(c1nnc2n1-c1ccc(Cl)cc1C(c1ccccc1)=NC2)N(C)C. The molecule has 0 saturated carbocycles. The van der Waals surface area contributed by atoms with Crippen LogP contribution in [0.25, 0.3) is 5.69 Å². The van der Waals surface area contributed by atoms with Gasteiger partial charge in [0.25, 0.3) is 0 Å². The molecule has 1 unspecified atom stereocenters. The molecular formula is C20H20ClN5. The Labute approximate surface area is 158 Å². The zero-order valence-corrected chi connectivity index (χ0v) is 15.8. The zero-order chi connectivity index (χ0) is 18.3. The fourth-order valence-corrected chi connectivity index (χ4v) is 3.34. The lowest BCUT2D eigenvalue weighted by atomic mass is 10.0. The Bertz CT molecular complexity index is 975. The van der Waals surface area contributed by atoms with Gasteiger partial charge in [0.2, 0.25) is 0 Å². The fraction of sp³-hybridized carbons (Fsp3) is 0.250. The van der Waals surface area contributed by atoms with Gasteiger partial charge in [-0.15, -0.1) is 10.2 Å². The van der Waals surface area contributed by atoms with E-state index in [9.17, 15) is 0 Å². The fourth-order valence-electron chi connectivity index (χ4n) is 3.17. The number of benzene rings is 2. The van der Waals surface area contributed by atoms with Crippen LogP contribution in [0, 0.1) is 0 Å². The van der Waals surface area contributed by atoms with E-state index in [-0.39, 0.29) is 6.04 Å². The van der Waals surface area contributed by atoms with E-state index in [4.69, 9.17) is 16.6 Å². The molecule has 0 amide bonds. The summed E-state index contributed by atoms with van der Waals surface area (Å²) in [5.74, 6) is 1.74. The number of hydrogen-bond acceptors (Lipinski definition) is 4. The van der Waals surface area contributed by atoms with E-state index >= 15 is 0 Å². The Balaban J connectivity index is 1.95. The van der Waals surface area contributed by atoms with E-state index in [0.29, 0.717) is 11.6 Å². The highest BCUT2D eigenvalue weighted by atomic mass is 35.5. The Hall–Kier alpha value is -2.50. The van der Waals surface area contributed by atoms with Gasteiger partial charge >= 0.3 is 0 Å². The number of aliphatic imine (C=N–C) groups is 1. The lowest BCUT2D eigenvalue weighted by Gasteiger charge is -2.21. The maximum atomic E-state index is 6.33. The normalized spacial score (nSPS) is 14.4. The second kappa shape index (κ2) is 6.67. The van der Waals surface area contributed by atoms with Crippen LogP contribution < -0.4 is 0 Å². The third-order valence-electron chi connectivity index (χ3n) is 4.78. The number of hydrogen-bond donors (Lipinski definition) is 0. The first-order valence-electron chi connectivity index (χ1n) is 8.57. The third kappa shape index (κ3) is 2.83. The summed E-state index contributed by atoms with van der Waals surface area (Å²) in [6.45, 7) is 2.60. The van der Waals surface area contributed by atoms with Gasteiger partial charge in [-0.2, -0.15) is 0 Å². The molecule has 0 aliphatic carbocycles. The number of fused-ring (bicyclic) bond motifs is 3. The Morgan fingerprint density at radius 3 is 2.58 bits per heavy atom. The summed E-state index contributed by atoms with van der Waals surface area (Å²) >= 11 is 6.33. The molecule has 1 aliphatic heterocycles. The molecule has 0 saturated heterocycles. The smallest absolute Gasteiger partial charge is 0.159 e. The largest absolute Gasteiger partial charge is 0.300 e. The highest BCUT2D eigenvalue weighted by Crippen LogP contribution is 2.30. The summed E-state index contributed by atoms with van der Waals surface area (Å²) in [6, 6.07) is 16.2. The van der Waals surface area contributed by atoms with Gasteiger partial charge in [-0.05, 0) is 39.2 Å². The molecule has 0 bridgehead atoms. The van der Waals surface area contributed by atoms with Crippen LogP contribution in [-0.2, 0) is 6.54 Å². The molecule has 1 atom stereocenters. The highest BCUT2D eigenvalue weighted by molar-refractivity contribution is 6.31. The minimum absolute atomic E-state index is 0.123. The maximum absolute atomic E-state index is 6.33. The molecule has 6 heteroatoms. The van der Waals surface area contributed by atoms with Gasteiger partial charge in [-0.25, -0.2) is 0 Å². The molecule has 132 valence electrons. The molecule has 0 N–H and O–H groups in total. The topological polar surface area (TPSA) is 46.3 Å². The second-order valence-corrected chi connectivity index (χ2v) is 7.08. The zero-order valence-electron chi connectivity index (χ0n) is 15.0. The number of nitrogens with zero attached hydrogens (tertiary/aromatic N) is 5. The van der Waals surface area contributed by atoms with Crippen LogP contribution in [0.15, 0.2) is 53.5 Å². The van der Waals surface area contributed by atoms with Crippen molar-refractivity contribution in [3.63, 3.8) is 0 Å². The summed E-state index contributed by atoms with van der Waals surface area (Å²) in [4.78, 5) is 6.98. The van der Waals surface area contributed by atoms with E-state index in [1.165, 1.54) is 0 Å². The quantitative estimate of drug-likeness (QED) is 0.707. The van der Waals surface area contributed by atoms with E-state index < -0.39 is 0 Å². The minimum Gasteiger partial charge on any atom is -0.300 e. The van der Waals surface area contributed by atoms with Crippen molar-refractivity contribution >= 4 is 17.3 Å². The molecule has 2 heterocycles. The maximum Gasteiger partial charge on any atom is 0.159 e. The minimum atomic E-state index is 0.123. The van der Waals surface area contributed by atoms with Gasteiger partial charge in [-0.3, -0.25) is 14.5 Å². The first-order chi connectivity index (χ1) is 12.6. The first-order valence-corrected chi connectivity index (χ1v) is 8.95. The van der Waals surface area contributed by atoms with E-state index in [2.05, 4.69) is 38.7 Å². The third-order valence-corrected chi connectivity index (χ3v) is 5.02. The summed E-state index contributed by atoms with van der Waals surface area (Å²) < 4.78 is 2.12. The van der Waals surface area contributed by atoms with Crippen molar-refractivity contribution in [1.82, 2.24) is 19.7 Å². The molecule has 0 fully saturated rings. The van der Waals surface area contributed by atoms with Crippen LogP contribution in [-0.4, -0.2) is 39.5 Å². The van der Waals surface area contributed by atoms with Crippen molar-refractivity contribution in [2.45, 2.75) is 19.5 Å². The number of halogens is 1. The van der Waals surface area contributed by atoms with Crippen LogP contribution in [0.3, 0.4) is 0 Å². The average molecular weight is 366 g/mol. The lowest BCUT2D eigenvalue weighted by Crippen LogP contribution is -2.21. The van der Waals surface area contributed by atoms with Crippen molar-refractivity contribution in [1.29, 1.82) is 0 Å². The first kappa shape index (κ1) is 16.9. The van der Waals surface area contributed by atoms with Crippen molar-refractivity contribution < 1.29 is 0 Å². The molecule has 2 aromatic carbocycles. The number of rotatable bonds is 3. The van der Waals surface area contributed by atoms with Crippen LogP contribution in [0.4, 0.5) is 0 Å². The standard InChI is InChI=1S/C20H20ClN5/c1-13(25(2)3)20-24-23-18-12-22-19(14-7-5-4-6-8-14)16-11-15(21)9-10-17(16)26(18)20/h4-11,13H,12H2,1-3H3. The van der Waals surface area contributed by atoms with Gasteiger partial charge in [0.05, 0.1) is 17.4 Å². The summed E-state index contributed by atoms with van der Waals surface area (Å²) in [7, 11) is 4.08. The van der Waals surface area contributed by atoms with E-state index in [1.54, 1.807) is 0 Å². The van der Waals surface area contributed by atoms with Crippen LogP contribution in [0.1, 0.15) is 35.7 Å². The Kier molecular flexibility index (Phi) is 4.34. The van der Waals surface area contributed by atoms with Crippen molar-refractivity contribution in [2.24, 2.45) is 4.99 Å². The second-order valence-electron chi connectivity index (χ2n) is 6.64. The highest BCUT2D eigenvalue weighted by Gasteiger charge is 2.26. The summed E-state index contributed by atoms with van der Waals surface area (Å²) in [5, 5.41) is 9.55. The average Bonchev–Trinajstić information content (AvgIpc) is 2.99. The monoisotopic (exact) mass is 365 g/mol. The molecule has 0 radical (unpaired) electrons. The Morgan fingerprint density at radius 2 is 1.85 bits per heavy atom. The predicted octanol–water partition coefficient (Wildman–Crippen LogP) is 3.89. The van der Waals surface area contributed by atoms with Gasteiger partial charge in [-0.1, -0.05) is 41.9 Å². The molecule has 1 aliphatic rings. The van der Waals surface area contributed by atoms with Gasteiger partial charge in [0, 0.05) is 16.1 Å². The molecule has 26 heavy (non-hydrogen) atoms. The van der Waals surface area contributed by atoms with Crippen molar-refractivity contribution in [2.75, 3.05) is 14.1 Å². The lowest BCUT2D eigenvalue weighted by molar-refractivity contribution is 0.305. The molecular weight excluding hydrogens is 346 g/mol. The predicted molar refractivity (Wildman–Crippen MR) is 104 cm³/mol. The van der Waals surface area contributed by atoms with Crippen molar-refractivity contribution in [3.05, 3.63) is 76.3 Å². The summed E-state index contributed by atoms with van der Waals surface area (Å²) in [5.41, 5.74) is 4.00. The molecule has 4 rings (SSSR count). The van der Waals surface area contributed by atoms with Crippen LogP contribution in [0.2, 0.25) is 5.02 Å². The van der Waals surface area contributed by atoms with E-state index in [0.717, 1.165) is 34.2 Å². The molecule has 1 aromatic heterocycles. The number of aromatic nitrogens is 3. The van der Waals surface area contributed by atoms with Gasteiger partial charge < -0.3 is 0 Å². The molecule has 3 aromatic rings. The molecule has 5 nitrogen and oxygen atoms in total. The van der Waals surface area contributed by atoms with E-state index in [1.807, 2.05) is 50.5 Å².